The third-order valence-corrected chi connectivity index (χ3v) is 2.45. The highest BCUT2D eigenvalue weighted by Crippen LogP contribution is 2.13. The van der Waals surface area contributed by atoms with Crippen molar-refractivity contribution in [3.63, 3.8) is 0 Å². The molecule has 1 heterocycles. The first-order chi connectivity index (χ1) is 8.59. The number of benzene rings is 1. The number of nitrogens with one attached hydrogen (secondary N) is 2. The molecular weight excluding hydrogens is 236 g/mol. The van der Waals surface area contributed by atoms with E-state index < -0.39 is 18.4 Å². The molecule has 6 heteroatoms. The predicted molar refractivity (Wildman–Crippen MR) is 64.5 cm³/mol. The summed E-state index contributed by atoms with van der Waals surface area (Å²) in [5.41, 5.74) is -0.0492. The maximum absolute atomic E-state index is 11.8. The number of carboxylic acid groups (broad SMARTS) is 1. The molecule has 0 atom stereocenters. The zero-order valence-corrected chi connectivity index (χ0v) is 9.27. The van der Waals surface area contributed by atoms with Gasteiger partial charge in [-0.1, -0.05) is 18.2 Å². The number of amides is 1. The van der Waals surface area contributed by atoms with Gasteiger partial charge in [0.25, 0.3) is 11.5 Å². The van der Waals surface area contributed by atoms with Crippen LogP contribution in [0.2, 0.25) is 0 Å². The minimum atomic E-state index is -1.13. The summed E-state index contributed by atoms with van der Waals surface area (Å²) in [5.74, 6) is -1.66. The van der Waals surface area contributed by atoms with Gasteiger partial charge in [0.15, 0.2) is 0 Å². The second-order valence-corrected chi connectivity index (χ2v) is 3.65. The smallest absolute Gasteiger partial charge is 0.322 e. The number of hydrogen-bond donors (Lipinski definition) is 3. The fourth-order valence-corrected chi connectivity index (χ4v) is 1.65. The minimum Gasteiger partial charge on any atom is -0.480 e. The summed E-state index contributed by atoms with van der Waals surface area (Å²) < 4.78 is 0. The second-order valence-electron chi connectivity index (χ2n) is 3.65. The highest BCUT2D eigenvalue weighted by atomic mass is 16.4. The molecule has 1 aromatic heterocycles. The fourth-order valence-electron chi connectivity index (χ4n) is 1.65. The lowest BCUT2D eigenvalue weighted by molar-refractivity contribution is -0.135. The number of carboxylic acids is 1. The first-order valence-corrected chi connectivity index (χ1v) is 5.20. The molecule has 92 valence electrons. The topological polar surface area (TPSA) is 99.3 Å². The Balaban J connectivity index is 2.45. The van der Waals surface area contributed by atoms with Crippen molar-refractivity contribution in [3.8, 4) is 0 Å². The van der Waals surface area contributed by atoms with E-state index in [-0.39, 0.29) is 11.1 Å². The summed E-state index contributed by atoms with van der Waals surface area (Å²) in [4.78, 5) is 36.1. The van der Waals surface area contributed by atoms with Crippen LogP contribution in [-0.4, -0.2) is 28.5 Å². The van der Waals surface area contributed by atoms with E-state index in [1.165, 1.54) is 6.20 Å². The predicted octanol–water partition coefficient (Wildman–Crippen LogP) is 0.342. The molecule has 18 heavy (non-hydrogen) atoms. The lowest BCUT2D eigenvalue weighted by atomic mass is 10.1. The summed E-state index contributed by atoms with van der Waals surface area (Å²) in [6, 6.07) is 6.63. The van der Waals surface area contributed by atoms with Crippen molar-refractivity contribution in [2.45, 2.75) is 0 Å². The van der Waals surface area contributed by atoms with Gasteiger partial charge in [0.2, 0.25) is 0 Å². The van der Waals surface area contributed by atoms with Crippen molar-refractivity contribution in [3.05, 3.63) is 46.4 Å². The highest BCUT2D eigenvalue weighted by molar-refractivity contribution is 6.07. The van der Waals surface area contributed by atoms with Crippen molar-refractivity contribution in [2.24, 2.45) is 0 Å². The van der Waals surface area contributed by atoms with Crippen LogP contribution in [0.1, 0.15) is 10.4 Å². The van der Waals surface area contributed by atoms with Crippen molar-refractivity contribution in [1.82, 2.24) is 10.3 Å². The van der Waals surface area contributed by atoms with Gasteiger partial charge < -0.3 is 15.4 Å². The lowest BCUT2D eigenvalue weighted by Crippen LogP contribution is -2.30. The van der Waals surface area contributed by atoms with Gasteiger partial charge in [-0.05, 0) is 6.07 Å². The maximum Gasteiger partial charge on any atom is 0.322 e. The fraction of sp³-hybridized carbons (Fsp3) is 0.0833. The normalized spacial score (nSPS) is 10.2. The molecule has 1 aromatic carbocycles. The second kappa shape index (κ2) is 4.70. The third-order valence-electron chi connectivity index (χ3n) is 2.45. The standard InChI is InChI=1S/C12H10N2O4/c15-10(16)6-14-12(18)9-5-13-11(17)8-4-2-1-3-7(8)9/h1-5H,6H2,(H,13,17)(H,14,18)(H,15,16). The maximum atomic E-state index is 11.8. The van der Waals surface area contributed by atoms with Gasteiger partial charge in [0.05, 0.1) is 5.56 Å². The van der Waals surface area contributed by atoms with E-state index in [0.29, 0.717) is 10.8 Å². The van der Waals surface area contributed by atoms with E-state index in [1.807, 2.05) is 0 Å². The van der Waals surface area contributed by atoms with Crippen LogP contribution in [0, 0.1) is 0 Å². The van der Waals surface area contributed by atoms with Crippen LogP contribution in [0.5, 0.6) is 0 Å². The molecule has 2 aromatic rings. The monoisotopic (exact) mass is 246 g/mol. The summed E-state index contributed by atoms with van der Waals surface area (Å²) in [7, 11) is 0. The average Bonchev–Trinajstić information content (AvgIpc) is 2.37. The van der Waals surface area contributed by atoms with Gasteiger partial charge in [-0.2, -0.15) is 0 Å². The van der Waals surface area contributed by atoms with Crippen LogP contribution in [-0.2, 0) is 4.79 Å². The molecule has 6 nitrogen and oxygen atoms in total. The quantitative estimate of drug-likeness (QED) is 0.727. The number of aromatic nitrogens is 1. The third kappa shape index (κ3) is 2.22. The van der Waals surface area contributed by atoms with Gasteiger partial charge in [-0.25, -0.2) is 0 Å². The first kappa shape index (κ1) is 11.8. The Kier molecular flexibility index (Phi) is 3.09. The van der Waals surface area contributed by atoms with Crippen LogP contribution >= 0.6 is 0 Å². The molecule has 1 amide bonds. The van der Waals surface area contributed by atoms with Crippen molar-refractivity contribution in [1.29, 1.82) is 0 Å². The van der Waals surface area contributed by atoms with Crippen LogP contribution in [0.25, 0.3) is 10.8 Å². The van der Waals surface area contributed by atoms with E-state index in [2.05, 4.69) is 10.3 Å². The van der Waals surface area contributed by atoms with Crippen LogP contribution in [0.15, 0.2) is 35.3 Å². The van der Waals surface area contributed by atoms with Gasteiger partial charge in [0.1, 0.15) is 6.54 Å². The van der Waals surface area contributed by atoms with E-state index in [4.69, 9.17) is 5.11 Å². The Labute approximate surface area is 101 Å². The van der Waals surface area contributed by atoms with E-state index >= 15 is 0 Å². The lowest BCUT2D eigenvalue weighted by Gasteiger charge is -2.05. The summed E-state index contributed by atoms with van der Waals surface area (Å²) >= 11 is 0. The highest BCUT2D eigenvalue weighted by Gasteiger charge is 2.12. The zero-order chi connectivity index (χ0) is 13.1. The molecule has 0 bridgehead atoms. The number of pyridine rings is 1. The molecule has 0 aliphatic heterocycles. The molecule has 0 fully saturated rings. The van der Waals surface area contributed by atoms with Crippen molar-refractivity contribution < 1.29 is 14.7 Å². The summed E-state index contributed by atoms with van der Waals surface area (Å²) in [5, 5.41) is 11.6. The minimum absolute atomic E-state index is 0.242. The van der Waals surface area contributed by atoms with Gasteiger partial charge in [0, 0.05) is 17.0 Å². The molecule has 0 saturated carbocycles. The van der Waals surface area contributed by atoms with Crippen LogP contribution in [0.3, 0.4) is 0 Å². The van der Waals surface area contributed by atoms with Gasteiger partial charge >= 0.3 is 5.97 Å². The molecule has 3 N–H and O–H groups in total. The zero-order valence-electron chi connectivity index (χ0n) is 9.27. The molecule has 0 unspecified atom stereocenters. The number of fused-ring (bicyclic) bond motifs is 1. The number of rotatable bonds is 3. The van der Waals surface area contributed by atoms with Crippen LogP contribution < -0.4 is 10.9 Å². The Morgan fingerprint density at radius 2 is 1.89 bits per heavy atom. The van der Waals surface area contributed by atoms with Crippen molar-refractivity contribution >= 4 is 22.6 Å². The van der Waals surface area contributed by atoms with Crippen LogP contribution in [0.4, 0.5) is 0 Å². The number of aromatic amines is 1. The van der Waals surface area contributed by atoms with Crippen molar-refractivity contribution in [2.75, 3.05) is 6.54 Å². The van der Waals surface area contributed by atoms with E-state index in [1.54, 1.807) is 24.3 Å². The molecule has 2 rings (SSSR count). The molecular formula is C12H10N2O4. The summed E-state index contributed by atoms with van der Waals surface area (Å²) in [6.45, 7) is -0.466. The Morgan fingerprint density at radius 1 is 1.22 bits per heavy atom. The number of H-pyrrole nitrogens is 1. The number of aliphatic carboxylic acids is 1. The summed E-state index contributed by atoms with van der Waals surface area (Å²) in [6.07, 6.45) is 1.28. The molecule has 0 saturated heterocycles. The van der Waals surface area contributed by atoms with E-state index in [0.717, 1.165) is 0 Å². The molecule has 0 spiro atoms. The largest absolute Gasteiger partial charge is 0.480 e. The Bertz CT molecular complexity index is 675. The number of hydrogen-bond acceptors (Lipinski definition) is 3. The number of carbonyl (C=O) groups is 2. The number of carbonyl (C=O) groups excluding carboxylic acids is 1. The molecule has 0 radical (unpaired) electrons. The average molecular weight is 246 g/mol. The Morgan fingerprint density at radius 3 is 2.56 bits per heavy atom. The molecule has 0 aliphatic rings. The van der Waals surface area contributed by atoms with E-state index in [9.17, 15) is 14.4 Å². The Hall–Kier alpha value is -2.63. The first-order valence-electron chi connectivity index (χ1n) is 5.20. The van der Waals surface area contributed by atoms with Gasteiger partial charge in [-0.15, -0.1) is 0 Å². The molecule has 0 aliphatic carbocycles. The SMILES string of the molecule is O=C(O)CNC(=O)c1c[nH]c(=O)c2ccccc12. The van der Waals surface area contributed by atoms with Gasteiger partial charge in [-0.3, -0.25) is 14.4 Å².